The molecule has 1 saturated heterocycles. The molecule has 0 aromatic carbocycles. The number of nitrogens with zero attached hydrogens (tertiary/aromatic N) is 3. The first kappa shape index (κ1) is 13.6. The zero-order valence-electron chi connectivity index (χ0n) is 11.5. The zero-order chi connectivity index (χ0) is 14.0. The third-order valence-electron chi connectivity index (χ3n) is 4.59. The number of hydrogen-bond acceptors (Lipinski definition) is 4. The lowest BCUT2D eigenvalue weighted by Gasteiger charge is -2.35. The van der Waals surface area contributed by atoms with Crippen molar-refractivity contribution in [3.8, 4) is 6.07 Å². The smallest absolute Gasteiger partial charge is 0.243 e. The molecule has 20 heavy (non-hydrogen) atoms. The molecule has 1 aromatic rings. The lowest BCUT2D eigenvalue weighted by atomic mass is 9.85. The molecule has 1 aliphatic heterocycles. The van der Waals surface area contributed by atoms with Crippen LogP contribution in [0.4, 0.5) is 0 Å². The van der Waals surface area contributed by atoms with Gasteiger partial charge in [0.1, 0.15) is 5.41 Å². The van der Waals surface area contributed by atoms with E-state index in [0.717, 1.165) is 56.6 Å². The van der Waals surface area contributed by atoms with Gasteiger partial charge in [0.15, 0.2) is 0 Å². The molecule has 1 atom stereocenters. The average molecular weight is 289 g/mol. The normalized spacial score (nSPS) is 25.4. The second-order valence-corrected chi connectivity index (χ2v) is 6.79. The molecule has 1 aromatic heterocycles. The number of piperidine rings is 1. The Morgan fingerprint density at radius 3 is 2.90 bits per heavy atom. The lowest BCUT2D eigenvalue weighted by Crippen LogP contribution is -2.46. The molecule has 2 fully saturated rings. The van der Waals surface area contributed by atoms with E-state index in [1.54, 1.807) is 11.3 Å². The van der Waals surface area contributed by atoms with E-state index in [0.29, 0.717) is 5.92 Å². The summed E-state index contributed by atoms with van der Waals surface area (Å²) < 4.78 is 0. The van der Waals surface area contributed by atoms with Gasteiger partial charge < -0.3 is 4.90 Å². The summed E-state index contributed by atoms with van der Waals surface area (Å²) in [5.41, 5.74) is -0.731. The maximum Gasteiger partial charge on any atom is 0.243 e. The highest BCUT2D eigenvalue weighted by Gasteiger charge is 2.44. The van der Waals surface area contributed by atoms with Crippen LogP contribution in [0.5, 0.6) is 0 Å². The van der Waals surface area contributed by atoms with Crippen molar-refractivity contribution in [2.24, 2.45) is 5.41 Å². The van der Waals surface area contributed by atoms with Crippen LogP contribution >= 0.6 is 11.3 Å². The van der Waals surface area contributed by atoms with E-state index in [4.69, 9.17) is 0 Å². The quantitative estimate of drug-likeness (QED) is 0.841. The van der Waals surface area contributed by atoms with Crippen LogP contribution in [0.1, 0.15) is 49.5 Å². The number of likely N-dealkylation sites (tertiary alicyclic amines) is 1. The van der Waals surface area contributed by atoms with E-state index in [1.807, 2.05) is 16.5 Å². The lowest BCUT2D eigenvalue weighted by molar-refractivity contribution is -0.140. The number of carbonyl (C=O) groups excluding carboxylic acids is 1. The van der Waals surface area contributed by atoms with E-state index in [-0.39, 0.29) is 5.91 Å². The van der Waals surface area contributed by atoms with Crippen LogP contribution in [0, 0.1) is 16.7 Å². The number of amides is 1. The maximum atomic E-state index is 12.8. The minimum absolute atomic E-state index is 0.0683. The molecule has 0 unspecified atom stereocenters. The molecule has 3 rings (SSSR count). The molecule has 106 valence electrons. The van der Waals surface area contributed by atoms with E-state index >= 15 is 0 Å². The molecule has 0 radical (unpaired) electrons. The second-order valence-electron chi connectivity index (χ2n) is 5.86. The highest BCUT2D eigenvalue weighted by Crippen LogP contribution is 2.40. The molecule has 5 heteroatoms. The average Bonchev–Trinajstić information content (AvgIpc) is 3.18. The van der Waals surface area contributed by atoms with Crippen molar-refractivity contribution in [3.63, 3.8) is 0 Å². The molecule has 2 aliphatic rings. The molecular weight excluding hydrogens is 270 g/mol. The fourth-order valence-corrected chi connectivity index (χ4v) is 4.22. The Hall–Kier alpha value is -1.41. The molecule has 0 spiro atoms. The third kappa shape index (κ3) is 2.33. The number of carbonyl (C=O) groups is 1. The zero-order valence-corrected chi connectivity index (χ0v) is 12.4. The van der Waals surface area contributed by atoms with Crippen molar-refractivity contribution in [3.05, 3.63) is 16.6 Å². The first-order chi connectivity index (χ1) is 9.75. The summed E-state index contributed by atoms with van der Waals surface area (Å²) >= 11 is 1.67. The van der Waals surface area contributed by atoms with Crippen LogP contribution in [-0.2, 0) is 4.79 Å². The molecule has 1 aliphatic carbocycles. The standard InChI is InChI=1S/C15H19N3OS/c16-11-15(5-1-2-6-15)14(19)18-8-3-4-12(10-18)13-17-7-9-20-13/h7,9,12H,1-6,8,10H2/t12-/m1/s1. The Morgan fingerprint density at radius 1 is 1.45 bits per heavy atom. The van der Waals surface area contributed by atoms with E-state index in [1.165, 1.54) is 0 Å². The summed E-state index contributed by atoms with van der Waals surface area (Å²) in [6.45, 7) is 1.53. The van der Waals surface area contributed by atoms with E-state index in [2.05, 4.69) is 11.1 Å². The molecule has 4 nitrogen and oxygen atoms in total. The Balaban J connectivity index is 1.74. The monoisotopic (exact) mass is 289 g/mol. The first-order valence-corrected chi connectivity index (χ1v) is 8.23. The number of rotatable bonds is 2. The van der Waals surface area contributed by atoms with Gasteiger partial charge in [0.05, 0.1) is 11.1 Å². The van der Waals surface area contributed by atoms with Crippen molar-refractivity contribution in [1.29, 1.82) is 5.26 Å². The van der Waals surface area contributed by atoms with Gasteiger partial charge in [-0.25, -0.2) is 4.98 Å². The highest BCUT2D eigenvalue weighted by molar-refractivity contribution is 7.09. The SMILES string of the molecule is N#CC1(C(=O)N2CCC[C@@H](c3nccs3)C2)CCCC1. The van der Waals surface area contributed by atoms with Crippen LogP contribution in [0.3, 0.4) is 0 Å². The fourth-order valence-electron chi connectivity index (χ4n) is 3.45. The topological polar surface area (TPSA) is 57.0 Å². The summed E-state index contributed by atoms with van der Waals surface area (Å²) in [6, 6.07) is 2.32. The molecular formula is C15H19N3OS. The van der Waals surface area contributed by atoms with Gasteiger partial charge in [-0.1, -0.05) is 12.8 Å². The van der Waals surface area contributed by atoms with Crippen molar-refractivity contribution in [2.75, 3.05) is 13.1 Å². The van der Waals surface area contributed by atoms with Crippen LogP contribution in [0.25, 0.3) is 0 Å². The predicted molar refractivity (Wildman–Crippen MR) is 77.2 cm³/mol. The van der Waals surface area contributed by atoms with Crippen molar-refractivity contribution in [1.82, 2.24) is 9.88 Å². The summed E-state index contributed by atoms with van der Waals surface area (Å²) in [7, 11) is 0. The van der Waals surface area contributed by atoms with Gasteiger partial charge in [-0.2, -0.15) is 5.26 Å². The van der Waals surface area contributed by atoms with Crippen LogP contribution in [-0.4, -0.2) is 28.9 Å². The fraction of sp³-hybridized carbons (Fsp3) is 0.667. The number of nitriles is 1. The van der Waals surface area contributed by atoms with Crippen molar-refractivity contribution in [2.45, 2.75) is 44.4 Å². The summed E-state index contributed by atoms with van der Waals surface area (Å²) in [4.78, 5) is 19.1. The molecule has 2 heterocycles. The van der Waals surface area contributed by atoms with Crippen molar-refractivity contribution >= 4 is 17.2 Å². The van der Waals surface area contributed by atoms with Gasteiger partial charge in [0, 0.05) is 30.6 Å². The van der Waals surface area contributed by atoms with Crippen LogP contribution < -0.4 is 0 Å². The number of hydrogen-bond donors (Lipinski definition) is 0. The highest BCUT2D eigenvalue weighted by atomic mass is 32.1. The minimum Gasteiger partial charge on any atom is -0.341 e. The molecule has 0 N–H and O–H groups in total. The maximum absolute atomic E-state index is 12.8. The second kappa shape index (κ2) is 5.53. The van der Waals surface area contributed by atoms with Gasteiger partial charge in [-0.3, -0.25) is 4.79 Å². The van der Waals surface area contributed by atoms with Crippen LogP contribution in [0.15, 0.2) is 11.6 Å². The Morgan fingerprint density at radius 2 is 2.25 bits per heavy atom. The minimum atomic E-state index is -0.731. The number of aromatic nitrogens is 1. The molecule has 1 amide bonds. The van der Waals surface area contributed by atoms with Crippen molar-refractivity contribution < 1.29 is 4.79 Å². The summed E-state index contributed by atoms with van der Waals surface area (Å²) in [5.74, 6) is 0.420. The summed E-state index contributed by atoms with van der Waals surface area (Å²) in [6.07, 6.45) is 7.41. The predicted octanol–water partition coefficient (Wildman–Crippen LogP) is 2.93. The van der Waals surface area contributed by atoms with Gasteiger partial charge >= 0.3 is 0 Å². The largest absolute Gasteiger partial charge is 0.341 e. The van der Waals surface area contributed by atoms with Gasteiger partial charge in [-0.15, -0.1) is 11.3 Å². The van der Waals surface area contributed by atoms with Gasteiger partial charge in [-0.05, 0) is 25.7 Å². The summed E-state index contributed by atoms with van der Waals surface area (Å²) in [5, 5.41) is 12.6. The van der Waals surface area contributed by atoms with Gasteiger partial charge in [0.2, 0.25) is 5.91 Å². The first-order valence-electron chi connectivity index (χ1n) is 7.35. The van der Waals surface area contributed by atoms with Crippen LogP contribution in [0.2, 0.25) is 0 Å². The van der Waals surface area contributed by atoms with E-state index < -0.39 is 5.41 Å². The Bertz CT molecular complexity index is 514. The van der Waals surface area contributed by atoms with E-state index in [9.17, 15) is 10.1 Å². The third-order valence-corrected chi connectivity index (χ3v) is 5.53. The molecule has 1 saturated carbocycles. The Kier molecular flexibility index (Phi) is 3.75. The van der Waals surface area contributed by atoms with Gasteiger partial charge in [0.25, 0.3) is 0 Å². The number of thiazole rings is 1. The Labute approximate surface area is 123 Å². The molecule has 0 bridgehead atoms.